The highest BCUT2D eigenvalue weighted by Crippen LogP contribution is 2.32. The number of carbonyl (C=O) groups is 2. The summed E-state index contributed by atoms with van der Waals surface area (Å²) in [6.07, 6.45) is 0.779. The molecule has 2 aromatic rings. The van der Waals surface area contributed by atoms with Crippen LogP contribution in [-0.2, 0) is 6.61 Å². The van der Waals surface area contributed by atoms with Gasteiger partial charge in [0.25, 0.3) is 0 Å². The summed E-state index contributed by atoms with van der Waals surface area (Å²) in [6, 6.07) is 9.93. The Labute approximate surface area is 143 Å². The molecule has 0 amide bonds. The summed E-state index contributed by atoms with van der Waals surface area (Å²) in [5, 5.41) is 8.84. The largest absolute Gasteiger partial charge is 0.487 e. The zero-order valence-corrected chi connectivity index (χ0v) is 14.4. The average Bonchev–Trinajstić information content (AvgIpc) is 2.46. The zero-order chi connectivity index (χ0) is 15.4. The van der Waals surface area contributed by atoms with Crippen molar-refractivity contribution < 1.29 is 19.4 Å². The molecule has 1 N–H and O–H groups in total. The first-order chi connectivity index (χ1) is 10.0. The van der Waals surface area contributed by atoms with Crippen molar-refractivity contribution in [1.82, 2.24) is 0 Å². The highest BCUT2D eigenvalue weighted by molar-refractivity contribution is 14.1. The molecule has 0 aliphatic rings. The van der Waals surface area contributed by atoms with Crippen molar-refractivity contribution in [3.8, 4) is 5.75 Å². The molecular weight excluding hydrogens is 451 g/mol. The van der Waals surface area contributed by atoms with Crippen LogP contribution in [0.3, 0.4) is 0 Å². The lowest BCUT2D eigenvalue weighted by Gasteiger charge is -2.11. The fourth-order valence-corrected chi connectivity index (χ4v) is 3.45. The molecule has 0 heterocycles. The topological polar surface area (TPSA) is 63.6 Å². The molecule has 0 radical (unpaired) electrons. The van der Waals surface area contributed by atoms with E-state index in [4.69, 9.17) is 9.84 Å². The Bertz CT molecular complexity index is 660. The van der Waals surface area contributed by atoms with Gasteiger partial charge in [0.15, 0.2) is 0 Å². The Morgan fingerprint density at radius 1 is 1.29 bits per heavy atom. The van der Waals surface area contributed by atoms with Gasteiger partial charge < -0.3 is 9.84 Å². The van der Waals surface area contributed by atoms with Crippen LogP contribution in [-0.4, -0.2) is 17.4 Å². The molecule has 108 valence electrons. The van der Waals surface area contributed by atoms with Gasteiger partial charge in [-0.05, 0) is 68.3 Å². The van der Waals surface area contributed by atoms with Crippen molar-refractivity contribution in [3.63, 3.8) is 0 Å². The van der Waals surface area contributed by atoms with Gasteiger partial charge in [0, 0.05) is 5.56 Å². The van der Waals surface area contributed by atoms with Crippen molar-refractivity contribution >= 4 is 50.8 Å². The summed E-state index contributed by atoms with van der Waals surface area (Å²) in [4.78, 5) is 21.5. The first-order valence-corrected chi connectivity index (χ1v) is 7.77. The maximum atomic E-state index is 10.8. The molecule has 0 spiro atoms. The van der Waals surface area contributed by atoms with E-state index >= 15 is 0 Å². The summed E-state index contributed by atoms with van der Waals surface area (Å²) in [7, 11) is 0. The van der Waals surface area contributed by atoms with E-state index in [1.54, 1.807) is 24.3 Å². The molecule has 0 bridgehead atoms. The van der Waals surface area contributed by atoms with Crippen molar-refractivity contribution in [2.75, 3.05) is 0 Å². The SMILES string of the molecule is O=Cc1cc(Br)c(OCc2ccc(C(=O)O)cc2)c(I)c1. The summed E-state index contributed by atoms with van der Waals surface area (Å²) < 4.78 is 7.27. The number of carboxylic acid groups (broad SMARTS) is 1. The highest BCUT2D eigenvalue weighted by Gasteiger charge is 2.09. The monoisotopic (exact) mass is 460 g/mol. The number of carboxylic acids is 1. The minimum Gasteiger partial charge on any atom is -0.487 e. The number of hydrogen-bond acceptors (Lipinski definition) is 3. The van der Waals surface area contributed by atoms with Crippen molar-refractivity contribution in [2.45, 2.75) is 6.61 Å². The van der Waals surface area contributed by atoms with Gasteiger partial charge in [0.1, 0.15) is 18.6 Å². The van der Waals surface area contributed by atoms with E-state index in [1.807, 2.05) is 0 Å². The molecular formula is C15H10BrIO4. The zero-order valence-electron chi connectivity index (χ0n) is 10.7. The Morgan fingerprint density at radius 3 is 2.48 bits per heavy atom. The molecule has 21 heavy (non-hydrogen) atoms. The summed E-state index contributed by atoms with van der Waals surface area (Å²) in [6.45, 7) is 0.314. The third kappa shape index (κ3) is 4.04. The van der Waals surface area contributed by atoms with E-state index in [0.29, 0.717) is 22.4 Å². The first-order valence-electron chi connectivity index (χ1n) is 5.90. The van der Waals surface area contributed by atoms with E-state index < -0.39 is 5.97 Å². The molecule has 0 aliphatic carbocycles. The van der Waals surface area contributed by atoms with Crippen LogP contribution in [0.4, 0.5) is 0 Å². The highest BCUT2D eigenvalue weighted by atomic mass is 127. The normalized spacial score (nSPS) is 10.2. The molecule has 0 aliphatic heterocycles. The Morgan fingerprint density at radius 2 is 1.95 bits per heavy atom. The molecule has 0 unspecified atom stereocenters. The number of rotatable bonds is 5. The predicted molar refractivity (Wildman–Crippen MR) is 90.0 cm³/mol. The second-order valence-corrected chi connectivity index (χ2v) is 6.24. The predicted octanol–water partition coefficient (Wildman–Crippen LogP) is 4.14. The third-order valence-electron chi connectivity index (χ3n) is 2.74. The van der Waals surface area contributed by atoms with Crippen LogP contribution in [0.2, 0.25) is 0 Å². The van der Waals surface area contributed by atoms with Crippen LogP contribution in [0.5, 0.6) is 5.75 Å². The van der Waals surface area contributed by atoms with Gasteiger partial charge in [-0.25, -0.2) is 4.79 Å². The number of carbonyl (C=O) groups excluding carboxylic acids is 1. The van der Waals surface area contributed by atoms with Crippen molar-refractivity contribution in [1.29, 1.82) is 0 Å². The molecule has 4 nitrogen and oxygen atoms in total. The van der Waals surface area contributed by atoms with Crippen LogP contribution < -0.4 is 4.74 Å². The van der Waals surface area contributed by atoms with Gasteiger partial charge in [0.05, 0.1) is 13.6 Å². The molecule has 2 rings (SSSR count). The van der Waals surface area contributed by atoms with Gasteiger partial charge in [-0.3, -0.25) is 4.79 Å². The fourth-order valence-electron chi connectivity index (χ4n) is 1.68. The smallest absolute Gasteiger partial charge is 0.335 e. The lowest BCUT2D eigenvalue weighted by molar-refractivity contribution is 0.0696. The number of aldehydes is 1. The lowest BCUT2D eigenvalue weighted by atomic mass is 10.1. The first kappa shape index (κ1) is 16.0. The molecule has 0 saturated heterocycles. The summed E-state index contributed by atoms with van der Waals surface area (Å²) >= 11 is 5.48. The second-order valence-electron chi connectivity index (χ2n) is 4.22. The van der Waals surface area contributed by atoms with Crippen molar-refractivity contribution in [3.05, 3.63) is 61.1 Å². The molecule has 0 aromatic heterocycles. The lowest BCUT2D eigenvalue weighted by Crippen LogP contribution is -2.00. The van der Waals surface area contributed by atoms with E-state index in [1.165, 1.54) is 12.1 Å². The number of benzene rings is 2. The van der Waals surface area contributed by atoms with E-state index in [2.05, 4.69) is 38.5 Å². The van der Waals surface area contributed by atoms with E-state index in [-0.39, 0.29) is 5.56 Å². The van der Waals surface area contributed by atoms with Crippen LogP contribution in [0, 0.1) is 3.57 Å². The number of halogens is 2. The number of hydrogen-bond donors (Lipinski definition) is 1. The van der Waals surface area contributed by atoms with Crippen LogP contribution in [0.15, 0.2) is 40.9 Å². The minimum absolute atomic E-state index is 0.241. The minimum atomic E-state index is -0.954. The quantitative estimate of drug-likeness (QED) is 0.538. The molecule has 0 saturated carbocycles. The van der Waals surface area contributed by atoms with Crippen molar-refractivity contribution in [2.24, 2.45) is 0 Å². The Kier molecular flexibility index (Phi) is 5.35. The maximum Gasteiger partial charge on any atom is 0.335 e. The van der Waals surface area contributed by atoms with Crippen LogP contribution >= 0.6 is 38.5 Å². The van der Waals surface area contributed by atoms with Gasteiger partial charge in [-0.2, -0.15) is 0 Å². The summed E-state index contributed by atoms with van der Waals surface area (Å²) in [5.74, 6) is -0.298. The summed E-state index contributed by atoms with van der Waals surface area (Å²) in [5.41, 5.74) is 1.68. The van der Waals surface area contributed by atoms with Gasteiger partial charge in [-0.15, -0.1) is 0 Å². The Hall–Kier alpha value is -1.41. The van der Waals surface area contributed by atoms with Gasteiger partial charge in [0.2, 0.25) is 0 Å². The molecule has 0 atom stereocenters. The second kappa shape index (κ2) is 7.04. The van der Waals surface area contributed by atoms with Crippen LogP contribution in [0.1, 0.15) is 26.3 Å². The Balaban J connectivity index is 2.13. The molecule has 2 aromatic carbocycles. The van der Waals surface area contributed by atoms with E-state index in [0.717, 1.165) is 15.4 Å². The fraction of sp³-hybridized carbons (Fsp3) is 0.0667. The third-order valence-corrected chi connectivity index (χ3v) is 4.13. The average molecular weight is 461 g/mol. The number of ether oxygens (including phenoxy) is 1. The molecule has 0 fully saturated rings. The van der Waals surface area contributed by atoms with E-state index in [9.17, 15) is 9.59 Å². The molecule has 6 heteroatoms. The van der Waals surface area contributed by atoms with Crippen LogP contribution in [0.25, 0.3) is 0 Å². The van der Waals surface area contributed by atoms with Gasteiger partial charge in [-0.1, -0.05) is 12.1 Å². The number of aromatic carboxylic acids is 1. The standard InChI is InChI=1S/C15H10BrIO4/c16-12-5-10(7-18)6-13(17)14(12)21-8-9-1-3-11(4-2-9)15(19)20/h1-7H,8H2,(H,19,20). The maximum absolute atomic E-state index is 10.8. The van der Waals surface area contributed by atoms with Gasteiger partial charge >= 0.3 is 5.97 Å².